The van der Waals surface area contributed by atoms with E-state index in [9.17, 15) is 4.79 Å². The number of hydrogen-bond donors (Lipinski definition) is 0. The molecule has 1 fully saturated rings. The smallest absolute Gasteiger partial charge is 0.260 e. The molecule has 4 rings (SSSR count). The molecule has 1 aliphatic heterocycles. The van der Waals surface area contributed by atoms with E-state index in [1.807, 2.05) is 35.2 Å². The summed E-state index contributed by atoms with van der Waals surface area (Å²) in [4.78, 5) is 18.9. The molecule has 0 bridgehead atoms. The third kappa shape index (κ3) is 4.59. The monoisotopic (exact) mass is 411 g/mol. The summed E-state index contributed by atoms with van der Waals surface area (Å²) in [6.07, 6.45) is 2.21. The van der Waals surface area contributed by atoms with E-state index in [4.69, 9.17) is 20.9 Å². The molecular formula is C22H22ClN3O3. The first kappa shape index (κ1) is 19.5. The molecule has 1 amide bonds. The Morgan fingerprint density at radius 1 is 1.24 bits per heavy atom. The lowest BCUT2D eigenvalue weighted by Gasteiger charge is -2.30. The molecule has 0 saturated carbocycles. The van der Waals surface area contributed by atoms with Gasteiger partial charge in [0.15, 0.2) is 6.61 Å². The molecule has 2 heterocycles. The minimum Gasteiger partial charge on any atom is -0.483 e. The largest absolute Gasteiger partial charge is 0.483 e. The molecule has 0 N–H and O–H groups in total. The highest BCUT2D eigenvalue weighted by Gasteiger charge is 2.22. The summed E-state index contributed by atoms with van der Waals surface area (Å²) in [7, 11) is 0. The van der Waals surface area contributed by atoms with Crippen LogP contribution in [0.15, 0.2) is 53.1 Å². The molecule has 1 unspecified atom stereocenters. The van der Waals surface area contributed by atoms with Crippen molar-refractivity contribution in [1.29, 1.82) is 0 Å². The second-order valence-electron chi connectivity index (χ2n) is 7.30. The first-order chi connectivity index (χ1) is 14.1. The highest BCUT2D eigenvalue weighted by molar-refractivity contribution is 6.30. The Bertz CT molecular complexity index is 987. The molecule has 2 aromatic carbocycles. The van der Waals surface area contributed by atoms with Gasteiger partial charge in [0, 0.05) is 23.7 Å². The average Bonchev–Trinajstić information content (AvgIpc) is 3.23. The van der Waals surface area contributed by atoms with Gasteiger partial charge in [-0.05, 0) is 55.2 Å². The number of likely N-dealkylation sites (tertiary alicyclic amines) is 1. The number of hydrogen-bond acceptors (Lipinski definition) is 5. The summed E-state index contributed by atoms with van der Waals surface area (Å²) in [5, 5.41) is 4.72. The number of carbonyl (C=O) groups excluding carboxylic acids is 1. The van der Waals surface area contributed by atoms with Crippen molar-refractivity contribution in [2.75, 3.05) is 19.7 Å². The van der Waals surface area contributed by atoms with Crippen molar-refractivity contribution >= 4 is 17.5 Å². The molecule has 0 spiro atoms. The number of rotatable bonds is 5. The van der Waals surface area contributed by atoms with E-state index in [0.29, 0.717) is 34.0 Å². The van der Waals surface area contributed by atoms with Crippen LogP contribution in [0.2, 0.25) is 5.02 Å². The van der Waals surface area contributed by atoms with Crippen molar-refractivity contribution in [3.05, 3.63) is 53.6 Å². The quantitative estimate of drug-likeness (QED) is 0.609. The van der Waals surface area contributed by atoms with Crippen molar-refractivity contribution in [3.8, 4) is 28.6 Å². The van der Waals surface area contributed by atoms with Crippen LogP contribution in [0.25, 0.3) is 22.8 Å². The Balaban J connectivity index is 1.48. The van der Waals surface area contributed by atoms with Crippen molar-refractivity contribution in [2.45, 2.75) is 19.8 Å². The number of ether oxygens (including phenoxy) is 1. The second-order valence-corrected chi connectivity index (χ2v) is 7.74. The van der Waals surface area contributed by atoms with Crippen molar-refractivity contribution in [2.24, 2.45) is 5.92 Å². The van der Waals surface area contributed by atoms with Crippen molar-refractivity contribution in [1.82, 2.24) is 15.0 Å². The molecule has 0 radical (unpaired) electrons. The SMILES string of the molecule is CC1CCCN(C(=O)COc2ccccc2-c2noc(-c3ccc(Cl)cc3)n2)C1. The Kier molecular flexibility index (Phi) is 5.81. The maximum atomic E-state index is 12.5. The Morgan fingerprint density at radius 3 is 2.83 bits per heavy atom. The lowest BCUT2D eigenvalue weighted by Crippen LogP contribution is -2.41. The number of carbonyl (C=O) groups is 1. The number of benzene rings is 2. The van der Waals surface area contributed by atoms with Gasteiger partial charge < -0.3 is 14.2 Å². The van der Waals surface area contributed by atoms with Gasteiger partial charge in [-0.3, -0.25) is 4.79 Å². The fourth-order valence-electron chi connectivity index (χ4n) is 3.47. The normalized spacial score (nSPS) is 16.6. The van der Waals surface area contributed by atoms with E-state index in [1.54, 1.807) is 18.2 Å². The van der Waals surface area contributed by atoms with Crippen molar-refractivity contribution in [3.63, 3.8) is 0 Å². The maximum absolute atomic E-state index is 12.5. The molecule has 1 aliphatic rings. The first-order valence-corrected chi connectivity index (χ1v) is 10.1. The van der Waals surface area contributed by atoms with Crippen LogP contribution in [0.5, 0.6) is 5.75 Å². The number of nitrogens with zero attached hydrogens (tertiary/aromatic N) is 3. The fraction of sp³-hybridized carbons (Fsp3) is 0.318. The molecule has 29 heavy (non-hydrogen) atoms. The van der Waals surface area contributed by atoms with Crippen molar-refractivity contribution < 1.29 is 14.1 Å². The number of para-hydroxylation sites is 1. The van der Waals surface area contributed by atoms with Gasteiger partial charge in [0.1, 0.15) is 5.75 Å². The lowest BCUT2D eigenvalue weighted by molar-refractivity contribution is -0.135. The minimum atomic E-state index is -0.00831. The van der Waals surface area contributed by atoms with Crippen LogP contribution in [-0.2, 0) is 4.79 Å². The summed E-state index contributed by atoms with van der Waals surface area (Å²) in [6.45, 7) is 3.75. The van der Waals surface area contributed by atoms with Crippen LogP contribution in [0.1, 0.15) is 19.8 Å². The fourth-order valence-corrected chi connectivity index (χ4v) is 3.59. The third-order valence-electron chi connectivity index (χ3n) is 5.01. The third-order valence-corrected chi connectivity index (χ3v) is 5.26. The Labute approximate surface area is 174 Å². The summed E-state index contributed by atoms with van der Waals surface area (Å²) < 4.78 is 11.2. The minimum absolute atomic E-state index is 0.00122. The lowest BCUT2D eigenvalue weighted by atomic mass is 10.0. The molecule has 1 atom stereocenters. The second kappa shape index (κ2) is 8.66. The standard InChI is InChI=1S/C22H22ClN3O3/c1-15-5-4-12-26(13-15)20(27)14-28-19-7-3-2-6-18(19)21-24-22(29-25-21)16-8-10-17(23)11-9-16/h2-3,6-11,15H,4-5,12-14H2,1H3. The molecule has 0 aliphatic carbocycles. The van der Waals surface area contributed by atoms with Gasteiger partial charge in [-0.15, -0.1) is 0 Å². The highest BCUT2D eigenvalue weighted by Crippen LogP contribution is 2.30. The molecule has 150 valence electrons. The number of halogens is 1. The van der Waals surface area contributed by atoms with E-state index >= 15 is 0 Å². The first-order valence-electron chi connectivity index (χ1n) is 9.70. The zero-order chi connectivity index (χ0) is 20.2. The number of aromatic nitrogens is 2. The van der Waals surface area contributed by atoms with E-state index in [2.05, 4.69) is 17.1 Å². The number of piperidine rings is 1. The predicted molar refractivity (Wildman–Crippen MR) is 111 cm³/mol. The zero-order valence-electron chi connectivity index (χ0n) is 16.2. The van der Waals surface area contributed by atoms with E-state index in [0.717, 1.165) is 25.1 Å². The molecule has 3 aromatic rings. The maximum Gasteiger partial charge on any atom is 0.260 e. The van der Waals surface area contributed by atoms with Crippen LogP contribution in [0, 0.1) is 5.92 Å². The average molecular weight is 412 g/mol. The number of amides is 1. The summed E-state index contributed by atoms with van der Waals surface area (Å²) in [5.74, 6) is 1.88. The van der Waals surface area contributed by atoms with E-state index in [1.165, 1.54) is 6.42 Å². The summed E-state index contributed by atoms with van der Waals surface area (Å²) >= 11 is 5.93. The highest BCUT2D eigenvalue weighted by atomic mass is 35.5. The predicted octanol–water partition coefficient (Wildman–Crippen LogP) is 4.69. The van der Waals surface area contributed by atoms with Gasteiger partial charge in [-0.1, -0.05) is 35.8 Å². The zero-order valence-corrected chi connectivity index (χ0v) is 16.9. The van der Waals surface area contributed by atoms with Gasteiger partial charge >= 0.3 is 0 Å². The molecule has 1 saturated heterocycles. The summed E-state index contributed by atoms with van der Waals surface area (Å²) in [6, 6.07) is 14.6. The van der Waals surface area contributed by atoms with Crippen LogP contribution in [0.3, 0.4) is 0 Å². The molecule has 7 heteroatoms. The molecular weight excluding hydrogens is 390 g/mol. The van der Waals surface area contributed by atoms with Gasteiger partial charge in [0.25, 0.3) is 11.8 Å². The van der Waals surface area contributed by atoms with Crippen LogP contribution in [0.4, 0.5) is 0 Å². The van der Waals surface area contributed by atoms with E-state index in [-0.39, 0.29) is 12.5 Å². The van der Waals surface area contributed by atoms with Gasteiger partial charge in [0.2, 0.25) is 5.82 Å². The molecule has 6 nitrogen and oxygen atoms in total. The van der Waals surface area contributed by atoms with Gasteiger partial charge in [-0.25, -0.2) is 0 Å². The molecule has 1 aromatic heterocycles. The van der Waals surface area contributed by atoms with Crippen LogP contribution < -0.4 is 4.74 Å². The van der Waals surface area contributed by atoms with Crippen LogP contribution in [-0.4, -0.2) is 40.6 Å². The van der Waals surface area contributed by atoms with E-state index < -0.39 is 0 Å². The van der Waals surface area contributed by atoms with Gasteiger partial charge in [-0.2, -0.15) is 4.98 Å². The topological polar surface area (TPSA) is 68.5 Å². The van der Waals surface area contributed by atoms with Gasteiger partial charge in [0.05, 0.1) is 5.56 Å². The van der Waals surface area contributed by atoms with Crippen LogP contribution >= 0.6 is 11.6 Å². The Morgan fingerprint density at radius 2 is 2.03 bits per heavy atom. The Hall–Kier alpha value is -2.86. The summed E-state index contributed by atoms with van der Waals surface area (Å²) in [5.41, 5.74) is 1.46.